The molecule has 3 heterocycles. The molecule has 0 spiro atoms. The topological polar surface area (TPSA) is 37.4 Å². The van der Waals surface area contributed by atoms with E-state index < -0.39 is 0 Å². The van der Waals surface area contributed by atoms with Gasteiger partial charge in [-0.25, -0.2) is 4.98 Å². The van der Waals surface area contributed by atoms with Gasteiger partial charge in [-0.3, -0.25) is 0 Å². The van der Waals surface area contributed by atoms with Crippen LogP contribution in [0.2, 0.25) is 0 Å². The third-order valence-corrected chi connectivity index (χ3v) is 6.59. The van der Waals surface area contributed by atoms with E-state index in [0.29, 0.717) is 0 Å². The second kappa shape index (κ2) is 8.16. The third kappa shape index (κ3) is 4.14. The highest BCUT2D eigenvalue weighted by atomic mass is 16.5. The fraction of sp³-hybridized carbons (Fsp3) is 0.444. The van der Waals surface area contributed by atoms with E-state index in [0.717, 1.165) is 43.0 Å². The van der Waals surface area contributed by atoms with E-state index in [1.54, 1.807) is 0 Å². The van der Waals surface area contributed by atoms with E-state index in [9.17, 15) is 0 Å². The maximum Gasteiger partial charge on any atom is 0.124 e. The molecule has 0 unspecified atom stereocenters. The summed E-state index contributed by atoms with van der Waals surface area (Å²) in [4.78, 5) is 7.69. The van der Waals surface area contributed by atoms with Crippen LogP contribution in [0.3, 0.4) is 0 Å². The van der Waals surface area contributed by atoms with Crippen molar-refractivity contribution in [3.8, 4) is 17.0 Å². The van der Waals surface area contributed by atoms with Crippen LogP contribution in [0.15, 0.2) is 42.5 Å². The summed E-state index contributed by atoms with van der Waals surface area (Å²) in [6.07, 6.45) is 4.73. The standard InChI is InChI=1S/C27H33N3O/c1-19-16-21-23(17-24(19)31-15-9-14-30-12-7-8-13-30)28-25(20-10-5-4-6-11-20)22-18-27(2,3)29-26(21)22/h4-6,10-11,16-17,29H,7-9,12-15,18H2,1-3H3. The highest BCUT2D eigenvalue weighted by Crippen LogP contribution is 2.43. The van der Waals surface area contributed by atoms with Crippen LogP contribution in [0.5, 0.6) is 5.75 Å². The Labute approximate surface area is 185 Å². The van der Waals surface area contributed by atoms with Gasteiger partial charge in [0.1, 0.15) is 5.75 Å². The predicted octanol–water partition coefficient (Wildman–Crippen LogP) is 5.82. The number of aromatic nitrogens is 1. The van der Waals surface area contributed by atoms with E-state index in [2.05, 4.69) is 73.5 Å². The first-order valence-electron chi connectivity index (χ1n) is 11.7. The number of likely N-dealkylation sites (tertiary alicyclic amines) is 1. The lowest BCUT2D eigenvalue weighted by atomic mass is 9.95. The van der Waals surface area contributed by atoms with Gasteiger partial charge in [-0.05, 0) is 71.2 Å². The Balaban J connectivity index is 1.47. The average Bonchev–Trinajstić information content (AvgIpc) is 3.38. The molecule has 31 heavy (non-hydrogen) atoms. The number of hydrogen-bond donors (Lipinski definition) is 1. The minimum absolute atomic E-state index is 0.0282. The first kappa shape index (κ1) is 20.3. The Morgan fingerprint density at radius 2 is 1.87 bits per heavy atom. The number of fused-ring (bicyclic) bond motifs is 3. The van der Waals surface area contributed by atoms with E-state index in [-0.39, 0.29) is 5.54 Å². The molecular weight excluding hydrogens is 382 g/mol. The molecule has 1 N–H and O–H groups in total. The molecule has 4 nitrogen and oxygen atoms in total. The van der Waals surface area contributed by atoms with Crippen molar-refractivity contribution < 1.29 is 4.74 Å². The molecule has 162 valence electrons. The van der Waals surface area contributed by atoms with Gasteiger partial charge < -0.3 is 15.0 Å². The fourth-order valence-corrected chi connectivity index (χ4v) is 5.05. The molecule has 1 saturated heterocycles. The molecule has 0 atom stereocenters. The van der Waals surface area contributed by atoms with Crippen LogP contribution in [0.25, 0.3) is 22.2 Å². The molecule has 4 heteroatoms. The molecule has 0 bridgehead atoms. The van der Waals surface area contributed by atoms with E-state index in [1.807, 2.05) is 0 Å². The summed E-state index contributed by atoms with van der Waals surface area (Å²) in [6, 6.07) is 14.9. The summed E-state index contributed by atoms with van der Waals surface area (Å²) in [5.74, 6) is 0.956. The quantitative estimate of drug-likeness (QED) is 0.515. The number of ether oxygens (including phenoxy) is 1. The van der Waals surface area contributed by atoms with Crippen molar-refractivity contribution in [2.45, 2.75) is 52.0 Å². The first-order valence-corrected chi connectivity index (χ1v) is 11.7. The third-order valence-electron chi connectivity index (χ3n) is 6.59. The van der Waals surface area contributed by atoms with Crippen LogP contribution < -0.4 is 10.1 Å². The monoisotopic (exact) mass is 415 g/mol. The SMILES string of the molecule is Cc1cc2c3c(c(-c4ccccc4)nc2cc1OCCCN1CCCC1)CC(C)(C)N3. The summed E-state index contributed by atoms with van der Waals surface area (Å²) < 4.78 is 6.22. The van der Waals surface area contributed by atoms with Crippen LogP contribution in [0.4, 0.5) is 5.69 Å². The van der Waals surface area contributed by atoms with Gasteiger partial charge >= 0.3 is 0 Å². The normalized spacial score (nSPS) is 17.6. The number of nitrogens with one attached hydrogen (secondary N) is 1. The summed E-state index contributed by atoms with van der Waals surface area (Å²) >= 11 is 0. The Morgan fingerprint density at radius 3 is 2.65 bits per heavy atom. The molecule has 2 aliphatic heterocycles. The number of aryl methyl sites for hydroxylation is 1. The second-order valence-corrected chi connectivity index (χ2v) is 9.75. The van der Waals surface area contributed by atoms with Gasteiger partial charge in [0.15, 0.2) is 0 Å². The number of pyridine rings is 1. The second-order valence-electron chi connectivity index (χ2n) is 9.75. The number of rotatable bonds is 6. The predicted molar refractivity (Wildman–Crippen MR) is 129 cm³/mol. The number of hydrogen-bond acceptors (Lipinski definition) is 4. The fourth-order valence-electron chi connectivity index (χ4n) is 5.05. The molecule has 0 saturated carbocycles. The van der Waals surface area contributed by atoms with Crippen LogP contribution in [0, 0.1) is 6.92 Å². The van der Waals surface area contributed by atoms with Gasteiger partial charge in [-0.1, -0.05) is 30.3 Å². The Morgan fingerprint density at radius 1 is 1.10 bits per heavy atom. The number of anilines is 1. The summed E-state index contributed by atoms with van der Waals surface area (Å²) in [5, 5.41) is 4.97. The molecule has 2 aromatic carbocycles. The lowest BCUT2D eigenvalue weighted by molar-refractivity contribution is 0.262. The highest BCUT2D eigenvalue weighted by Gasteiger charge is 2.32. The summed E-state index contributed by atoms with van der Waals surface area (Å²) in [6.45, 7) is 11.1. The minimum atomic E-state index is 0.0282. The van der Waals surface area contributed by atoms with E-state index in [4.69, 9.17) is 9.72 Å². The van der Waals surface area contributed by atoms with Crippen molar-refractivity contribution in [2.24, 2.45) is 0 Å². The molecule has 5 rings (SSSR count). The molecule has 1 fully saturated rings. The molecule has 0 amide bonds. The highest BCUT2D eigenvalue weighted by molar-refractivity contribution is 5.99. The van der Waals surface area contributed by atoms with Gasteiger partial charge in [0.05, 0.1) is 17.8 Å². The smallest absolute Gasteiger partial charge is 0.124 e. The van der Waals surface area contributed by atoms with Crippen molar-refractivity contribution in [3.63, 3.8) is 0 Å². The first-order chi connectivity index (χ1) is 15.0. The van der Waals surface area contributed by atoms with Gasteiger partial charge in [0.2, 0.25) is 0 Å². The molecular formula is C27H33N3O. The van der Waals surface area contributed by atoms with Crippen LogP contribution in [-0.4, -0.2) is 41.7 Å². The lowest BCUT2D eigenvalue weighted by Gasteiger charge is -2.19. The lowest BCUT2D eigenvalue weighted by Crippen LogP contribution is -2.27. The Kier molecular flexibility index (Phi) is 5.35. The zero-order chi connectivity index (χ0) is 21.4. The Hall–Kier alpha value is -2.59. The summed E-state index contributed by atoms with van der Waals surface area (Å²) in [7, 11) is 0. The molecule has 0 radical (unpaired) electrons. The van der Waals surface area contributed by atoms with Crippen molar-refractivity contribution >= 4 is 16.6 Å². The van der Waals surface area contributed by atoms with Crippen molar-refractivity contribution in [1.29, 1.82) is 0 Å². The molecule has 3 aromatic rings. The molecule has 2 aliphatic rings. The largest absolute Gasteiger partial charge is 0.493 e. The Bertz CT molecular complexity index is 1080. The van der Waals surface area contributed by atoms with Gasteiger partial charge in [-0.2, -0.15) is 0 Å². The molecule has 0 aliphatic carbocycles. The zero-order valence-corrected chi connectivity index (χ0v) is 19.0. The maximum absolute atomic E-state index is 6.22. The average molecular weight is 416 g/mol. The van der Waals surface area contributed by atoms with Crippen molar-refractivity contribution in [1.82, 2.24) is 9.88 Å². The van der Waals surface area contributed by atoms with Gasteiger partial charge in [0.25, 0.3) is 0 Å². The summed E-state index contributed by atoms with van der Waals surface area (Å²) in [5.41, 5.74) is 7.03. The maximum atomic E-state index is 6.22. The van der Waals surface area contributed by atoms with Crippen LogP contribution in [-0.2, 0) is 6.42 Å². The van der Waals surface area contributed by atoms with Crippen molar-refractivity contribution in [2.75, 3.05) is 31.6 Å². The van der Waals surface area contributed by atoms with Crippen molar-refractivity contribution in [3.05, 3.63) is 53.6 Å². The minimum Gasteiger partial charge on any atom is -0.493 e. The van der Waals surface area contributed by atoms with Crippen LogP contribution in [0.1, 0.15) is 44.2 Å². The van der Waals surface area contributed by atoms with E-state index >= 15 is 0 Å². The van der Waals surface area contributed by atoms with E-state index in [1.165, 1.54) is 53.7 Å². The number of benzene rings is 2. The number of nitrogens with zero attached hydrogens (tertiary/aromatic N) is 2. The molecule has 1 aromatic heterocycles. The van der Waals surface area contributed by atoms with Gasteiger partial charge in [0, 0.05) is 40.4 Å². The van der Waals surface area contributed by atoms with Gasteiger partial charge in [-0.15, -0.1) is 0 Å². The van der Waals surface area contributed by atoms with Crippen LogP contribution >= 0.6 is 0 Å². The zero-order valence-electron chi connectivity index (χ0n) is 19.0.